The van der Waals surface area contributed by atoms with Gasteiger partial charge in [0.05, 0.1) is 12.2 Å². The number of hydrogen-bond donors (Lipinski definition) is 2. The van der Waals surface area contributed by atoms with Crippen LogP contribution >= 0.6 is 15.9 Å². The van der Waals surface area contributed by atoms with Gasteiger partial charge in [-0.15, -0.1) is 0 Å². The third-order valence-corrected chi connectivity index (χ3v) is 4.28. The van der Waals surface area contributed by atoms with Gasteiger partial charge in [-0.1, -0.05) is 15.9 Å². The predicted molar refractivity (Wildman–Crippen MR) is 83.9 cm³/mol. The van der Waals surface area contributed by atoms with E-state index in [0.717, 1.165) is 36.1 Å². The van der Waals surface area contributed by atoms with Crippen molar-refractivity contribution in [3.05, 3.63) is 27.7 Å². The number of nitrogens with two attached hydrogens (primary N) is 1. The van der Waals surface area contributed by atoms with E-state index in [1.165, 1.54) is 11.1 Å². The van der Waals surface area contributed by atoms with E-state index in [9.17, 15) is 0 Å². The lowest BCUT2D eigenvalue weighted by Gasteiger charge is -2.28. The highest BCUT2D eigenvalue weighted by Crippen LogP contribution is 2.34. The van der Waals surface area contributed by atoms with Crippen LogP contribution in [-0.2, 0) is 17.6 Å². The molecule has 1 aromatic carbocycles. The van der Waals surface area contributed by atoms with Crippen LogP contribution in [0.25, 0.3) is 0 Å². The molecule has 0 aromatic heterocycles. The summed E-state index contributed by atoms with van der Waals surface area (Å²) in [6, 6.07) is 4.40. The largest absolute Gasteiger partial charge is 0.493 e. The Bertz CT molecular complexity index is 477. The van der Waals surface area contributed by atoms with E-state index in [4.69, 9.17) is 15.3 Å². The number of nitrogens with one attached hydrogen (secondary N) is 1. The first-order chi connectivity index (χ1) is 9.45. The fourth-order valence-electron chi connectivity index (χ4n) is 2.63. The summed E-state index contributed by atoms with van der Waals surface area (Å²) in [7, 11) is 1.73. The second kappa shape index (κ2) is 6.43. The smallest absolute Gasteiger partial charge is 0.125 e. The molecule has 4 nitrogen and oxygen atoms in total. The van der Waals surface area contributed by atoms with Crippen molar-refractivity contribution in [3.63, 3.8) is 0 Å². The first-order valence-electron chi connectivity index (χ1n) is 6.90. The average Bonchev–Trinajstić information content (AvgIpc) is 2.85. The molecule has 0 aliphatic carbocycles. The molecule has 5 heteroatoms. The molecular weight excluding hydrogens is 320 g/mol. The number of rotatable bonds is 6. The molecule has 1 aliphatic heterocycles. The number of fused-ring (bicyclic) bond motifs is 1. The van der Waals surface area contributed by atoms with Gasteiger partial charge in [-0.2, -0.15) is 0 Å². The molecule has 1 aromatic rings. The van der Waals surface area contributed by atoms with Crippen LogP contribution in [0.2, 0.25) is 0 Å². The van der Waals surface area contributed by atoms with Crippen LogP contribution in [0.5, 0.6) is 5.75 Å². The molecule has 0 saturated heterocycles. The van der Waals surface area contributed by atoms with Crippen molar-refractivity contribution < 1.29 is 9.47 Å². The Morgan fingerprint density at radius 3 is 2.90 bits per heavy atom. The summed E-state index contributed by atoms with van der Waals surface area (Å²) >= 11 is 3.57. The minimum absolute atomic E-state index is 0.146. The topological polar surface area (TPSA) is 56.5 Å². The normalized spacial score (nSPS) is 15.8. The molecule has 20 heavy (non-hydrogen) atoms. The van der Waals surface area contributed by atoms with Gasteiger partial charge < -0.3 is 9.47 Å². The van der Waals surface area contributed by atoms with Gasteiger partial charge in [0.15, 0.2) is 0 Å². The Labute approximate surface area is 129 Å². The number of ether oxygens (including phenoxy) is 2. The Kier molecular flexibility index (Phi) is 5.07. The number of benzene rings is 1. The van der Waals surface area contributed by atoms with Crippen LogP contribution in [0, 0.1) is 0 Å². The second-order valence-electron chi connectivity index (χ2n) is 5.89. The highest BCUT2D eigenvalue weighted by Gasteiger charge is 2.25. The molecule has 0 bridgehead atoms. The predicted octanol–water partition coefficient (Wildman–Crippen LogP) is 2.57. The Hall–Kier alpha value is -0.620. The zero-order valence-electron chi connectivity index (χ0n) is 12.3. The molecule has 1 heterocycles. The Morgan fingerprint density at radius 1 is 1.50 bits per heavy atom. The Balaban J connectivity index is 2.16. The van der Waals surface area contributed by atoms with Crippen molar-refractivity contribution >= 4 is 15.9 Å². The summed E-state index contributed by atoms with van der Waals surface area (Å²) in [5, 5.41) is 0. The van der Waals surface area contributed by atoms with Crippen LogP contribution in [0.3, 0.4) is 0 Å². The maximum atomic E-state index is 5.77. The van der Waals surface area contributed by atoms with E-state index in [-0.39, 0.29) is 11.6 Å². The minimum Gasteiger partial charge on any atom is -0.493 e. The van der Waals surface area contributed by atoms with E-state index in [0.29, 0.717) is 0 Å². The Morgan fingerprint density at radius 2 is 2.25 bits per heavy atom. The first kappa shape index (κ1) is 15.8. The fraction of sp³-hybridized carbons (Fsp3) is 0.600. The zero-order valence-corrected chi connectivity index (χ0v) is 13.9. The average molecular weight is 343 g/mol. The van der Waals surface area contributed by atoms with Crippen LogP contribution < -0.4 is 16.0 Å². The van der Waals surface area contributed by atoms with E-state index in [1.807, 2.05) is 0 Å². The van der Waals surface area contributed by atoms with Gasteiger partial charge in [-0.25, -0.2) is 0 Å². The van der Waals surface area contributed by atoms with Gasteiger partial charge in [-0.05, 0) is 49.9 Å². The number of methoxy groups -OCH3 is 1. The summed E-state index contributed by atoms with van der Waals surface area (Å²) in [6.07, 6.45) is 2.64. The first-order valence-corrected chi connectivity index (χ1v) is 7.70. The molecule has 1 aliphatic rings. The van der Waals surface area contributed by atoms with E-state index < -0.39 is 0 Å². The van der Waals surface area contributed by atoms with Gasteiger partial charge in [0.2, 0.25) is 0 Å². The van der Waals surface area contributed by atoms with Crippen molar-refractivity contribution in [2.24, 2.45) is 5.84 Å². The molecule has 112 valence electrons. The van der Waals surface area contributed by atoms with E-state index in [2.05, 4.69) is 47.3 Å². The lowest BCUT2D eigenvalue weighted by molar-refractivity contribution is 0.00706. The molecule has 0 saturated carbocycles. The summed E-state index contributed by atoms with van der Waals surface area (Å²) in [4.78, 5) is 0. The molecular formula is C15H23BrN2O2. The van der Waals surface area contributed by atoms with Gasteiger partial charge in [-0.3, -0.25) is 11.3 Å². The molecule has 0 spiro atoms. The second-order valence-corrected chi connectivity index (χ2v) is 6.80. The fourth-order valence-corrected chi connectivity index (χ4v) is 3.18. The maximum absolute atomic E-state index is 5.77. The summed E-state index contributed by atoms with van der Waals surface area (Å²) in [5.41, 5.74) is 5.17. The number of hydrazine groups is 1. The standard InChI is InChI=1S/C15H23BrN2O2/c1-15(2,19-3)9-13(18-17)8-11-7-12(16)6-10-4-5-20-14(10)11/h6-7,13,18H,4-5,8-9,17H2,1-3H3. The molecule has 3 N–H and O–H groups in total. The zero-order chi connectivity index (χ0) is 14.8. The van der Waals surface area contributed by atoms with Crippen LogP contribution in [-0.4, -0.2) is 25.4 Å². The van der Waals surface area contributed by atoms with Crippen molar-refractivity contribution in [2.45, 2.75) is 44.8 Å². The SMILES string of the molecule is COC(C)(C)CC(Cc1cc(Br)cc2c1OCC2)NN. The van der Waals surface area contributed by atoms with Crippen molar-refractivity contribution in [2.75, 3.05) is 13.7 Å². The molecule has 0 amide bonds. The summed E-state index contributed by atoms with van der Waals surface area (Å²) in [5.74, 6) is 6.74. The van der Waals surface area contributed by atoms with Crippen LogP contribution in [0.1, 0.15) is 31.4 Å². The van der Waals surface area contributed by atoms with Gasteiger partial charge in [0.25, 0.3) is 0 Å². The summed E-state index contributed by atoms with van der Waals surface area (Å²) < 4.78 is 12.3. The third-order valence-electron chi connectivity index (χ3n) is 3.82. The minimum atomic E-state index is -0.201. The number of hydrogen-bond acceptors (Lipinski definition) is 4. The molecule has 2 rings (SSSR count). The maximum Gasteiger partial charge on any atom is 0.125 e. The summed E-state index contributed by atoms with van der Waals surface area (Å²) in [6.45, 7) is 4.90. The lowest BCUT2D eigenvalue weighted by Crippen LogP contribution is -2.42. The quantitative estimate of drug-likeness (QED) is 0.616. The molecule has 0 fully saturated rings. The molecule has 1 atom stereocenters. The van der Waals surface area contributed by atoms with Crippen LogP contribution in [0.4, 0.5) is 0 Å². The van der Waals surface area contributed by atoms with E-state index in [1.54, 1.807) is 7.11 Å². The van der Waals surface area contributed by atoms with E-state index >= 15 is 0 Å². The monoisotopic (exact) mass is 342 g/mol. The van der Waals surface area contributed by atoms with Gasteiger partial charge in [0, 0.05) is 24.0 Å². The molecule has 1 unspecified atom stereocenters. The van der Waals surface area contributed by atoms with Crippen molar-refractivity contribution in [3.8, 4) is 5.75 Å². The van der Waals surface area contributed by atoms with Crippen molar-refractivity contribution in [1.82, 2.24) is 5.43 Å². The van der Waals surface area contributed by atoms with Gasteiger partial charge in [0.1, 0.15) is 5.75 Å². The lowest BCUT2D eigenvalue weighted by atomic mass is 9.93. The third kappa shape index (κ3) is 3.73. The number of halogens is 1. The highest BCUT2D eigenvalue weighted by atomic mass is 79.9. The van der Waals surface area contributed by atoms with Crippen molar-refractivity contribution in [1.29, 1.82) is 0 Å². The van der Waals surface area contributed by atoms with Gasteiger partial charge >= 0.3 is 0 Å². The molecule has 0 radical (unpaired) electrons. The highest BCUT2D eigenvalue weighted by molar-refractivity contribution is 9.10. The van der Waals surface area contributed by atoms with Crippen LogP contribution in [0.15, 0.2) is 16.6 Å².